The monoisotopic (exact) mass is 447 g/mol. The normalized spacial score (nSPS) is 30.8. The topological polar surface area (TPSA) is 40.5 Å². The van der Waals surface area contributed by atoms with Gasteiger partial charge in [-0.2, -0.15) is 0 Å². The highest BCUT2D eigenvalue weighted by molar-refractivity contribution is 9.10. The molecule has 0 radical (unpaired) electrons. The smallest absolute Gasteiger partial charge is 0.335 e. The van der Waals surface area contributed by atoms with E-state index in [-0.39, 0.29) is 5.92 Å². The van der Waals surface area contributed by atoms with Crippen molar-refractivity contribution in [2.75, 3.05) is 11.4 Å². The second-order valence-electron chi connectivity index (χ2n) is 8.76. The molecular formula is C25H22BrNO2. The molecule has 29 heavy (non-hydrogen) atoms. The lowest BCUT2D eigenvalue weighted by Crippen LogP contribution is -2.46. The molecule has 2 aromatic carbocycles. The lowest BCUT2D eigenvalue weighted by Gasteiger charge is -2.51. The Morgan fingerprint density at radius 3 is 2.45 bits per heavy atom. The number of nitrogens with zero attached hydrogens (tertiary/aromatic N) is 1. The number of carboxylic acid groups (broad SMARTS) is 1. The number of carbonyl (C=O) groups is 1. The van der Waals surface area contributed by atoms with Crippen molar-refractivity contribution in [1.29, 1.82) is 0 Å². The second-order valence-corrected chi connectivity index (χ2v) is 9.68. The molecule has 1 N–H and O–H groups in total. The number of hydrogen-bond acceptors (Lipinski definition) is 2. The van der Waals surface area contributed by atoms with Crippen molar-refractivity contribution < 1.29 is 9.90 Å². The van der Waals surface area contributed by atoms with Crippen LogP contribution in [-0.2, 0) is 0 Å². The van der Waals surface area contributed by atoms with Gasteiger partial charge in [0.05, 0.1) is 11.6 Å². The maximum atomic E-state index is 11.9. The fourth-order valence-electron chi connectivity index (χ4n) is 6.14. The van der Waals surface area contributed by atoms with Gasteiger partial charge >= 0.3 is 5.97 Å². The average Bonchev–Trinajstić information content (AvgIpc) is 3.38. The fraction of sp³-hybridized carbons (Fsp3) is 0.320. The first-order valence-electron chi connectivity index (χ1n) is 10.4. The third-order valence-corrected chi connectivity index (χ3v) is 7.84. The van der Waals surface area contributed by atoms with Crippen LogP contribution in [0.3, 0.4) is 0 Å². The van der Waals surface area contributed by atoms with Crippen molar-refractivity contribution in [3.63, 3.8) is 0 Å². The Balaban J connectivity index is 1.59. The number of rotatable bonds is 2. The summed E-state index contributed by atoms with van der Waals surface area (Å²) in [5, 5.41) is 9.77. The van der Waals surface area contributed by atoms with Crippen LogP contribution in [0.25, 0.3) is 0 Å². The lowest BCUT2D eigenvalue weighted by atomic mass is 9.70. The molecule has 3 nitrogen and oxygen atoms in total. The quantitative estimate of drug-likeness (QED) is 0.570. The van der Waals surface area contributed by atoms with Crippen LogP contribution in [0.15, 0.2) is 65.2 Å². The number of allylic oxidation sites excluding steroid dienone is 4. The molecule has 0 bridgehead atoms. The summed E-state index contributed by atoms with van der Waals surface area (Å²) >= 11 is 3.58. The molecule has 0 amide bonds. The Bertz CT molecular complexity index is 1050. The van der Waals surface area contributed by atoms with Gasteiger partial charge in [-0.05, 0) is 65.6 Å². The summed E-state index contributed by atoms with van der Waals surface area (Å²) in [5.74, 6) is 0.782. The largest absolute Gasteiger partial charge is 0.478 e. The zero-order valence-corrected chi connectivity index (χ0v) is 17.5. The minimum Gasteiger partial charge on any atom is -0.478 e. The van der Waals surface area contributed by atoms with E-state index in [1.54, 1.807) is 0 Å². The third kappa shape index (κ3) is 2.51. The number of benzene rings is 2. The predicted molar refractivity (Wildman–Crippen MR) is 118 cm³/mol. The minimum absolute atomic E-state index is 0.287. The van der Waals surface area contributed by atoms with Crippen LogP contribution in [0.1, 0.15) is 57.8 Å². The number of aromatic carboxylic acids is 1. The molecule has 2 aliphatic carbocycles. The molecule has 0 saturated carbocycles. The molecule has 0 aromatic heterocycles. The van der Waals surface area contributed by atoms with Gasteiger partial charge in [0.25, 0.3) is 0 Å². The molecule has 0 unspecified atom stereocenters. The zero-order chi connectivity index (χ0) is 19.7. The first kappa shape index (κ1) is 17.5. The molecule has 2 heterocycles. The van der Waals surface area contributed by atoms with Crippen molar-refractivity contribution in [1.82, 2.24) is 0 Å². The molecular weight excluding hydrogens is 426 g/mol. The van der Waals surface area contributed by atoms with Gasteiger partial charge in [0.2, 0.25) is 0 Å². The Morgan fingerprint density at radius 1 is 1.00 bits per heavy atom. The first-order valence-corrected chi connectivity index (χ1v) is 11.2. The van der Waals surface area contributed by atoms with E-state index in [0.717, 1.165) is 23.9 Å². The van der Waals surface area contributed by atoms with Gasteiger partial charge in [0.1, 0.15) is 0 Å². The molecule has 0 spiro atoms. The van der Waals surface area contributed by atoms with Crippen molar-refractivity contribution >= 4 is 27.6 Å². The van der Waals surface area contributed by atoms with E-state index < -0.39 is 5.97 Å². The number of hydrogen-bond donors (Lipinski definition) is 1. The van der Waals surface area contributed by atoms with E-state index in [9.17, 15) is 9.90 Å². The number of fused-ring (bicyclic) bond motifs is 4. The highest BCUT2D eigenvalue weighted by Crippen LogP contribution is 2.58. The Morgan fingerprint density at radius 2 is 1.69 bits per heavy atom. The van der Waals surface area contributed by atoms with Gasteiger partial charge < -0.3 is 10.0 Å². The van der Waals surface area contributed by atoms with Gasteiger partial charge in [-0.3, -0.25) is 0 Å². The molecule has 0 saturated heterocycles. The summed E-state index contributed by atoms with van der Waals surface area (Å²) < 4.78 is 1.10. The average molecular weight is 448 g/mol. The fourth-order valence-corrected chi connectivity index (χ4v) is 6.40. The van der Waals surface area contributed by atoms with Gasteiger partial charge in [-0.1, -0.05) is 52.4 Å². The molecule has 6 rings (SSSR count). The summed E-state index contributed by atoms with van der Waals surface area (Å²) in [4.78, 5) is 14.5. The maximum Gasteiger partial charge on any atom is 0.335 e. The van der Waals surface area contributed by atoms with Crippen LogP contribution in [0.4, 0.5) is 5.69 Å². The van der Waals surface area contributed by atoms with Gasteiger partial charge in [-0.25, -0.2) is 4.79 Å². The van der Waals surface area contributed by atoms with Crippen molar-refractivity contribution in [3.8, 4) is 0 Å². The van der Waals surface area contributed by atoms with E-state index >= 15 is 0 Å². The Labute approximate surface area is 178 Å². The predicted octanol–water partition coefficient (Wildman–Crippen LogP) is 6.04. The maximum absolute atomic E-state index is 11.9. The summed E-state index contributed by atoms with van der Waals surface area (Å²) in [6.07, 6.45) is 11.3. The Hall–Kier alpha value is -2.33. The highest BCUT2D eigenvalue weighted by Gasteiger charge is 2.48. The van der Waals surface area contributed by atoms with Gasteiger partial charge in [0, 0.05) is 28.5 Å². The van der Waals surface area contributed by atoms with Crippen LogP contribution in [0.5, 0.6) is 0 Å². The van der Waals surface area contributed by atoms with Gasteiger partial charge in [0.15, 0.2) is 0 Å². The Kier molecular flexibility index (Phi) is 3.83. The summed E-state index contributed by atoms with van der Waals surface area (Å²) in [5.41, 5.74) is 5.51. The van der Waals surface area contributed by atoms with Crippen molar-refractivity contribution in [2.45, 2.75) is 30.7 Å². The summed E-state index contributed by atoms with van der Waals surface area (Å²) in [6, 6.07) is 13.0. The van der Waals surface area contributed by atoms with E-state index in [1.165, 1.54) is 22.4 Å². The SMILES string of the molecule is O=C(O)c1cc2c3c(c1)[C@@H]1C=CC[C@@H]1[C@H](c1ccc(Br)cc1)N3C[C@@H]1CC=C[C@H]21. The van der Waals surface area contributed by atoms with Crippen molar-refractivity contribution in [3.05, 3.63) is 87.4 Å². The number of carboxylic acids is 1. The molecule has 5 atom stereocenters. The van der Waals surface area contributed by atoms with Crippen LogP contribution in [0, 0.1) is 11.8 Å². The summed E-state index contributed by atoms with van der Waals surface area (Å²) in [7, 11) is 0. The molecule has 146 valence electrons. The van der Waals surface area contributed by atoms with Crippen LogP contribution >= 0.6 is 15.9 Å². The first-order chi connectivity index (χ1) is 14.1. The standard InChI is InChI=1S/C25H22BrNO2/c26-17-9-7-14(8-10-17)23-20-6-2-5-19(20)22-12-16(25(28)29)11-21-18-4-1-3-15(18)13-27(23)24(21)22/h1-2,4-5,7-12,15,18-20,23H,3,6,13H2,(H,28,29)/t15-,18-,19+,20-,23-/m0/s1. The van der Waals surface area contributed by atoms with Crippen LogP contribution < -0.4 is 4.90 Å². The molecule has 4 aliphatic rings. The molecule has 2 aliphatic heterocycles. The van der Waals surface area contributed by atoms with Crippen molar-refractivity contribution in [2.24, 2.45) is 11.8 Å². The van der Waals surface area contributed by atoms with E-state index in [0.29, 0.717) is 29.4 Å². The third-order valence-electron chi connectivity index (χ3n) is 7.31. The minimum atomic E-state index is -0.826. The zero-order valence-electron chi connectivity index (χ0n) is 16.0. The van der Waals surface area contributed by atoms with Gasteiger partial charge in [-0.15, -0.1) is 0 Å². The second kappa shape index (κ2) is 6.33. The molecule has 4 heteroatoms. The molecule has 0 fully saturated rings. The molecule has 2 aromatic rings. The van der Waals surface area contributed by atoms with Crippen LogP contribution in [-0.4, -0.2) is 17.6 Å². The van der Waals surface area contributed by atoms with Crippen LogP contribution in [0.2, 0.25) is 0 Å². The number of anilines is 1. The van der Waals surface area contributed by atoms with E-state index in [1.807, 2.05) is 12.1 Å². The lowest BCUT2D eigenvalue weighted by molar-refractivity contribution is 0.0696. The van der Waals surface area contributed by atoms with E-state index in [4.69, 9.17) is 0 Å². The van der Waals surface area contributed by atoms with E-state index in [2.05, 4.69) is 69.4 Å². The number of halogens is 1. The highest BCUT2D eigenvalue weighted by atomic mass is 79.9. The summed E-state index contributed by atoms with van der Waals surface area (Å²) in [6.45, 7) is 1.04.